The first-order valence-electron chi connectivity index (χ1n) is 6.96. The highest BCUT2D eigenvalue weighted by Gasteiger charge is 2.18. The summed E-state index contributed by atoms with van der Waals surface area (Å²) >= 11 is 0. The van der Waals surface area contributed by atoms with E-state index in [1.165, 1.54) is 13.0 Å². The highest BCUT2D eigenvalue weighted by atomic mass is 16.5. The maximum atomic E-state index is 11.6. The van der Waals surface area contributed by atoms with E-state index in [1.54, 1.807) is 13.0 Å². The van der Waals surface area contributed by atoms with Crippen molar-refractivity contribution in [1.29, 1.82) is 0 Å². The molecule has 6 nitrogen and oxygen atoms in total. The van der Waals surface area contributed by atoms with Gasteiger partial charge < -0.3 is 10.1 Å². The van der Waals surface area contributed by atoms with Gasteiger partial charge in [0.1, 0.15) is 0 Å². The Labute approximate surface area is 129 Å². The predicted molar refractivity (Wildman–Crippen MR) is 83.0 cm³/mol. The van der Waals surface area contributed by atoms with Gasteiger partial charge in [0.25, 0.3) is 5.91 Å². The molecular weight excluding hydrogens is 284 g/mol. The summed E-state index contributed by atoms with van der Waals surface area (Å²) in [6, 6.07) is 6.96. The number of benzene rings is 1. The second-order valence-electron chi connectivity index (χ2n) is 4.67. The number of hydrogen-bond donors (Lipinski definition) is 2. The van der Waals surface area contributed by atoms with Crippen molar-refractivity contribution in [3.05, 3.63) is 41.5 Å². The van der Waals surface area contributed by atoms with Crippen molar-refractivity contribution in [2.24, 2.45) is 0 Å². The molecule has 1 atom stereocenters. The van der Waals surface area contributed by atoms with E-state index in [2.05, 4.69) is 10.6 Å². The van der Waals surface area contributed by atoms with Gasteiger partial charge in [-0.3, -0.25) is 10.1 Å². The number of ether oxygens (including phenoxy) is 1. The Hall–Kier alpha value is -2.63. The second-order valence-corrected chi connectivity index (χ2v) is 4.67. The van der Waals surface area contributed by atoms with Gasteiger partial charge in [-0.15, -0.1) is 0 Å². The number of urea groups is 1. The zero-order chi connectivity index (χ0) is 16.5. The quantitative estimate of drug-likeness (QED) is 0.641. The number of rotatable bonds is 5. The van der Waals surface area contributed by atoms with Crippen molar-refractivity contribution in [2.45, 2.75) is 26.9 Å². The summed E-state index contributed by atoms with van der Waals surface area (Å²) in [5, 5.41) is 4.49. The van der Waals surface area contributed by atoms with Crippen LogP contribution < -0.4 is 10.6 Å². The van der Waals surface area contributed by atoms with Crippen LogP contribution in [0.4, 0.5) is 4.79 Å². The van der Waals surface area contributed by atoms with Crippen LogP contribution in [-0.2, 0) is 14.3 Å². The summed E-state index contributed by atoms with van der Waals surface area (Å²) in [7, 11) is 0. The highest BCUT2D eigenvalue weighted by molar-refractivity contribution is 5.98. The second kappa shape index (κ2) is 8.61. The lowest BCUT2D eigenvalue weighted by Crippen LogP contribution is -2.44. The molecule has 0 aliphatic rings. The number of aryl methyl sites for hydroxylation is 1. The van der Waals surface area contributed by atoms with E-state index < -0.39 is 24.0 Å². The minimum atomic E-state index is -1.06. The van der Waals surface area contributed by atoms with Crippen LogP contribution in [0.5, 0.6) is 0 Å². The number of imide groups is 1. The molecule has 1 rings (SSSR count). The fraction of sp³-hybridized carbons (Fsp3) is 0.312. The van der Waals surface area contributed by atoms with Crippen LogP contribution in [0.1, 0.15) is 25.0 Å². The van der Waals surface area contributed by atoms with Crippen molar-refractivity contribution in [3.63, 3.8) is 0 Å². The Morgan fingerprint density at radius 1 is 1.23 bits per heavy atom. The van der Waals surface area contributed by atoms with Gasteiger partial charge in [-0.1, -0.05) is 29.8 Å². The molecule has 1 aromatic carbocycles. The van der Waals surface area contributed by atoms with Gasteiger partial charge in [-0.25, -0.2) is 9.59 Å². The van der Waals surface area contributed by atoms with Gasteiger partial charge in [0.15, 0.2) is 6.10 Å². The Kier molecular flexibility index (Phi) is 6.82. The van der Waals surface area contributed by atoms with Gasteiger partial charge in [0, 0.05) is 12.6 Å². The molecule has 0 spiro atoms. The first kappa shape index (κ1) is 17.4. The summed E-state index contributed by atoms with van der Waals surface area (Å²) in [6.07, 6.45) is 1.77. The summed E-state index contributed by atoms with van der Waals surface area (Å²) in [5.74, 6) is -1.33. The standard InChI is InChI=1S/C16H20N2O4/c1-4-17-16(21)18-15(20)12(3)22-14(19)10-9-13-7-5-11(2)6-8-13/h5-10,12H,4H2,1-3H3,(H2,17,18,20,21)/b10-9+. The molecule has 3 amide bonds. The SMILES string of the molecule is CCNC(=O)NC(=O)C(C)OC(=O)/C=C/c1ccc(C)cc1. The van der Waals surface area contributed by atoms with Gasteiger partial charge in [-0.05, 0) is 32.4 Å². The van der Waals surface area contributed by atoms with Crippen LogP contribution in [0.25, 0.3) is 6.08 Å². The van der Waals surface area contributed by atoms with Crippen molar-refractivity contribution < 1.29 is 19.1 Å². The Morgan fingerprint density at radius 2 is 1.86 bits per heavy atom. The first-order valence-corrected chi connectivity index (χ1v) is 6.96. The zero-order valence-corrected chi connectivity index (χ0v) is 12.9. The average molecular weight is 304 g/mol. The molecule has 0 radical (unpaired) electrons. The van der Waals surface area contributed by atoms with Crippen molar-refractivity contribution >= 4 is 24.0 Å². The maximum absolute atomic E-state index is 11.6. The third-order valence-corrected chi connectivity index (χ3v) is 2.73. The van der Waals surface area contributed by atoms with Crippen LogP contribution >= 0.6 is 0 Å². The molecule has 1 unspecified atom stereocenters. The summed E-state index contributed by atoms with van der Waals surface area (Å²) in [4.78, 5) is 34.4. The van der Waals surface area contributed by atoms with E-state index in [0.717, 1.165) is 11.1 Å². The molecule has 0 saturated carbocycles. The number of nitrogens with one attached hydrogen (secondary N) is 2. The average Bonchev–Trinajstić information content (AvgIpc) is 2.46. The molecule has 2 N–H and O–H groups in total. The van der Waals surface area contributed by atoms with Crippen LogP contribution in [0, 0.1) is 6.92 Å². The van der Waals surface area contributed by atoms with Gasteiger partial charge in [0.05, 0.1) is 0 Å². The van der Waals surface area contributed by atoms with Gasteiger partial charge in [-0.2, -0.15) is 0 Å². The summed E-state index contributed by atoms with van der Waals surface area (Å²) in [5.41, 5.74) is 1.97. The van der Waals surface area contributed by atoms with Crippen molar-refractivity contribution in [2.75, 3.05) is 6.54 Å². The number of hydrogen-bond acceptors (Lipinski definition) is 4. The van der Waals surface area contributed by atoms with Crippen LogP contribution in [0.2, 0.25) is 0 Å². The molecule has 1 aromatic rings. The van der Waals surface area contributed by atoms with E-state index in [4.69, 9.17) is 4.74 Å². The summed E-state index contributed by atoms with van der Waals surface area (Å²) in [6.45, 7) is 5.48. The molecule has 0 aliphatic carbocycles. The summed E-state index contributed by atoms with van der Waals surface area (Å²) < 4.78 is 4.92. The van der Waals surface area contributed by atoms with E-state index >= 15 is 0 Å². The molecule has 0 heterocycles. The molecule has 0 aromatic heterocycles. The third-order valence-electron chi connectivity index (χ3n) is 2.73. The fourth-order valence-electron chi connectivity index (χ4n) is 1.53. The molecule has 0 saturated heterocycles. The monoisotopic (exact) mass is 304 g/mol. The number of esters is 1. The Balaban J connectivity index is 2.48. The molecule has 22 heavy (non-hydrogen) atoms. The third kappa shape index (κ3) is 6.21. The molecular formula is C16H20N2O4. The molecule has 6 heteroatoms. The lowest BCUT2D eigenvalue weighted by molar-refractivity contribution is -0.149. The Bertz CT molecular complexity index is 564. The number of carbonyl (C=O) groups is 3. The zero-order valence-electron chi connectivity index (χ0n) is 12.9. The topological polar surface area (TPSA) is 84.5 Å². The minimum Gasteiger partial charge on any atom is -0.449 e. The van der Waals surface area contributed by atoms with Gasteiger partial charge >= 0.3 is 12.0 Å². The number of carbonyl (C=O) groups excluding carboxylic acids is 3. The van der Waals surface area contributed by atoms with E-state index in [1.807, 2.05) is 31.2 Å². The first-order chi connectivity index (χ1) is 10.4. The molecule has 0 aliphatic heterocycles. The normalized spacial score (nSPS) is 11.8. The molecule has 0 bridgehead atoms. The van der Waals surface area contributed by atoms with Crippen molar-refractivity contribution in [1.82, 2.24) is 10.6 Å². The Morgan fingerprint density at radius 3 is 2.45 bits per heavy atom. The smallest absolute Gasteiger partial charge is 0.331 e. The van der Waals surface area contributed by atoms with Crippen LogP contribution in [0.3, 0.4) is 0 Å². The van der Waals surface area contributed by atoms with E-state index in [0.29, 0.717) is 6.54 Å². The maximum Gasteiger partial charge on any atom is 0.331 e. The molecule has 118 valence electrons. The minimum absolute atomic E-state index is 0.395. The number of amides is 3. The van der Waals surface area contributed by atoms with Crippen molar-refractivity contribution in [3.8, 4) is 0 Å². The molecule has 0 fully saturated rings. The largest absolute Gasteiger partial charge is 0.449 e. The van der Waals surface area contributed by atoms with Gasteiger partial charge in [0.2, 0.25) is 0 Å². The van der Waals surface area contributed by atoms with E-state index in [9.17, 15) is 14.4 Å². The van der Waals surface area contributed by atoms with Crippen LogP contribution in [0.15, 0.2) is 30.3 Å². The highest BCUT2D eigenvalue weighted by Crippen LogP contribution is 2.05. The lowest BCUT2D eigenvalue weighted by atomic mass is 10.1. The lowest BCUT2D eigenvalue weighted by Gasteiger charge is -2.11. The predicted octanol–water partition coefficient (Wildman–Crippen LogP) is 1.79. The van der Waals surface area contributed by atoms with E-state index in [-0.39, 0.29) is 0 Å². The van der Waals surface area contributed by atoms with Crippen LogP contribution in [-0.4, -0.2) is 30.6 Å². The fourth-order valence-corrected chi connectivity index (χ4v) is 1.53.